The molecule has 88 valence electrons. The Morgan fingerprint density at radius 3 is 2.25 bits per heavy atom. The van der Waals surface area contributed by atoms with Gasteiger partial charge in [0.15, 0.2) is 0 Å². The first-order valence-electron chi connectivity index (χ1n) is 5.49. The Kier molecular flexibility index (Phi) is 3.58. The van der Waals surface area contributed by atoms with Crippen LogP contribution < -0.4 is 10.6 Å². The highest BCUT2D eigenvalue weighted by Crippen LogP contribution is 2.26. The molecule has 0 aromatic heterocycles. The van der Waals surface area contributed by atoms with Crippen LogP contribution in [-0.4, -0.2) is 13.0 Å². The maximum atomic E-state index is 11.9. The fourth-order valence-electron chi connectivity index (χ4n) is 1.62. The number of benzene rings is 1. The standard InChI is InChI=1S/C13H20N2O/c1-8(2)13(16)15(5)12-7-10(4)9(3)6-11(12)14/h6-8H,14H2,1-5H3. The topological polar surface area (TPSA) is 46.3 Å². The molecule has 0 bridgehead atoms. The van der Waals surface area contributed by atoms with Gasteiger partial charge in [0.05, 0.1) is 11.4 Å². The Morgan fingerprint density at radius 2 is 1.75 bits per heavy atom. The molecule has 16 heavy (non-hydrogen) atoms. The van der Waals surface area contributed by atoms with Crippen molar-refractivity contribution in [3.8, 4) is 0 Å². The lowest BCUT2D eigenvalue weighted by atomic mass is 10.1. The Hall–Kier alpha value is -1.51. The summed E-state index contributed by atoms with van der Waals surface area (Å²) >= 11 is 0. The fraction of sp³-hybridized carbons (Fsp3) is 0.462. The molecule has 0 heterocycles. The van der Waals surface area contributed by atoms with Crippen molar-refractivity contribution in [2.45, 2.75) is 27.7 Å². The van der Waals surface area contributed by atoms with Gasteiger partial charge >= 0.3 is 0 Å². The highest BCUT2D eigenvalue weighted by molar-refractivity contribution is 5.97. The second-order valence-electron chi connectivity index (χ2n) is 4.55. The largest absolute Gasteiger partial charge is 0.397 e. The lowest BCUT2D eigenvalue weighted by Crippen LogP contribution is -2.30. The van der Waals surface area contributed by atoms with Gasteiger partial charge in [-0.05, 0) is 37.1 Å². The predicted octanol–water partition coefficient (Wildman–Crippen LogP) is 2.50. The number of anilines is 2. The van der Waals surface area contributed by atoms with E-state index >= 15 is 0 Å². The second-order valence-corrected chi connectivity index (χ2v) is 4.55. The van der Waals surface area contributed by atoms with Crippen LogP contribution in [0.15, 0.2) is 12.1 Å². The summed E-state index contributed by atoms with van der Waals surface area (Å²) in [4.78, 5) is 13.5. The Labute approximate surface area is 97.2 Å². The molecule has 0 saturated carbocycles. The molecule has 1 amide bonds. The highest BCUT2D eigenvalue weighted by atomic mass is 16.2. The number of nitrogens with zero attached hydrogens (tertiary/aromatic N) is 1. The van der Waals surface area contributed by atoms with Crippen LogP contribution in [0.5, 0.6) is 0 Å². The lowest BCUT2D eigenvalue weighted by molar-refractivity contribution is -0.121. The molecule has 0 spiro atoms. The third kappa shape index (κ3) is 2.35. The first kappa shape index (κ1) is 12.6. The summed E-state index contributed by atoms with van der Waals surface area (Å²) in [5, 5.41) is 0. The SMILES string of the molecule is Cc1cc(N)c(N(C)C(=O)C(C)C)cc1C. The van der Waals surface area contributed by atoms with Crippen LogP contribution in [0, 0.1) is 19.8 Å². The van der Waals surface area contributed by atoms with Crippen molar-refractivity contribution in [2.75, 3.05) is 17.7 Å². The van der Waals surface area contributed by atoms with Crippen molar-refractivity contribution >= 4 is 17.3 Å². The van der Waals surface area contributed by atoms with E-state index in [0.29, 0.717) is 5.69 Å². The van der Waals surface area contributed by atoms with Gasteiger partial charge < -0.3 is 10.6 Å². The van der Waals surface area contributed by atoms with E-state index in [1.165, 1.54) is 0 Å². The normalized spacial score (nSPS) is 10.6. The molecule has 0 unspecified atom stereocenters. The molecule has 1 aromatic carbocycles. The number of aryl methyl sites for hydroxylation is 2. The number of hydrogen-bond acceptors (Lipinski definition) is 2. The van der Waals surface area contributed by atoms with Crippen LogP contribution in [0.2, 0.25) is 0 Å². The van der Waals surface area contributed by atoms with E-state index in [9.17, 15) is 4.79 Å². The lowest BCUT2D eigenvalue weighted by Gasteiger charge is -2.22. The van der Waals surface area contributed by atoms with Gasteiger partial charge in [0.25, 0.3) is 0 Å². The minimum absolute atomic E-state index is 0.0222. The van der Waals surface area contributed by atoms with Gasteiger partial charge in [0, 0.05) is 13.0 Å². The van der Waals surface area contributed by atoms with Gasteiger partial charge in [-0.25, -0.2) is 0 Å². The molecule has 3 nitrogen and oxygen atoms in total. The van der Waals surface area contributed by atoms with E-state index < -0.39 is 0 Å². The van der Waals surface area contributed by atoms with E-state index in [2.05, 4.69) is 0 Å². The van der Waals surface area contributed by atoms with E-state index in [4.69, 9.17) is 5.73 Å². The van der Waals surface area contributed by atoms with Crippen molar-refractivity contribution in [1.29, 1.82) is 0 Å². The molecule has 1 rings (SSSR count). The average molecular weight is 220 g/mol. The van der Waals surface area contributed by atoms with Crippen molar-refractivity contribution in [1.82, 2.24) is 0 Å². The molecule has 0 fully saturated rings. The van der Waals surface area contributed by atoms with Crippen LogP contribution in [0.25, 0.3) is 0 Å². The zero-order chi connectivity index (χ0) is 12.5. The number of amides is 1. The minimum Gasteiger partial charge on any atom is -0.397 e. The molecule has 0 aliphatic rings. The fourth-order valence-corrected chi connectivity index (χ4v) is 1.62. The molecule has 3 heteroatoms. The van der Waals surface area contributed by atoms with E-state index in [1.54, 1.807) is 11.9 Å². The number of hydrogen-bond donors (Lipinski definition) is 1. The minimum atomic E-state index is -0.0222. The van der Waals surface area contributed by atoms with Crippen LogP contribution >= 0.6 is 0 Å². The van der Waals surface area contributed by atoms with Gasteiger partial charge in [-0.2, -0.15) is 0 Å². The summed E-state index contributed by atoms with van der Waals surface area (Å²) in [6.45, 7) is 7.80. The quantitative estimate of drug-likeness (QED) is 0.778. The Morgan fingerprint density at radius 1 is 1.25 bits per heavy atom. The van der Waals surface area contributed by atoms with Gasteiger partial charge in [0.2, 0.25) is 5.91 Å². The van der Waals surface area contributed by atoms with E-state index in [-0.39, 0.29) is 11.8 Å². The summed E-state index contributed by atoms with van der Waals surface area (Å²) in [5.41, 5.74) is 9.67. The van der Waals surface area contributed by atoms with Crippen molar-refractivity contribution in [3.05, 3.63) is 23.3 Å². The first-order chi connectivity index (χ1) is 7.34. The monoisotopic (exact) mass is 220 g/mol. The summed E-state index contributed by atoms with van der Waals surface area (Å²) in [7, 11) is 1.77. The summed E-state index contributed by atoms with van der Waals surface area (Å²) in [6, 6.07) is 3.87. The van der Waals surface area contributed by atoms with Crippen LogP contribution in [0.4, 0.5) is 11.4 Å². The third-order valence-electron chi connectivity index (χ3n) is 2.83. The molecule has 0 radical (unpaired) electrons. The van der Waals surface area contributed by atoms with Crippen LogP contribution in [0.1, 0.15) is 25.0 Å². The second kappa shape index (κ2) is 4.56. The molecule has 0 aliphatic heterocycles. The Balaban J connectivity index is 3.14. The maximum absolute atomic E-state index is 11.9. The van der Waals surface area contributed by atoms with Crippen LogP contribution in [-0.2, 0) is 4.79 Å². The molecule has 0 aliphatic carbocycles. The zero-order valence-corrected chi connectivity index (χ0v) is 10.7. The molecule has 0 atom stereocenters. The number of carbonyl (C=O) groups is 1. The highest BCUT2D eigenvalue weighted by Gasteiger charge is 2.17. The van der Waals surface area contributed by atoms with Crippen LogP contribution in [0.3, 0.4) is 0 Å². The van der Waals surface area contributed by atoms with Gasteiger partial charge in [-0.15, -0.1) is 0 Å². The number of nitrogen functional groups attached to an aromatic ring is 1. The Bertz CT molecular complexity index is 411. The van der Waals surface area contributed by atoms with E-state index in [1.807, 2.05) is 39.8 Å². The summed E-state index contributed by atoms with van der Waals surface area (Å²) in [6.07, 6.45) is 0. The van der Waals surface area contributed by atoms with Gasteiger partial charge in [0.1, 0.15) is 0 Å². The zero-order valence-electron chi connectivity index (χ0n) is 10.7. The summed E-state index contributed by atoms with van der Waals surface area (Å²) in [5.74, 6) is 0.0564. The number of carbonyl (C=O) groups excluding carboxylic acids is 1. The number of rotatable bonds is 2. The van der Waals surface area contributed by atoms with Crippen molar-refractivity contribution in [2.24, 2.45) is 5.92 Å². The van der Waals surface area contributed by atoms with Crippen molar-refractivity contribution < 1.29 is 4.79 Å². The van der Waals surface area contributed by atoms with Crippen molar-refractivity contribution in [3.63, 3.8) is 0 Å². The summed E-state index contributed by atoms with van der Waals surface area (Å²) < 4.78 is 0. The smallest absolute Gasteiger partial charge is 0.229 e. The first-order valence-corrected chi connectivity index (χ1v) is 5.49. The molecular formula is C13H20N2O. The van der Waals surface area contributed by atoms with Gasteiger partial charge in [-0.3, -0.25) is 4.79 Å². The average Bonchev–Trinajstić information content (AvgIpc) is 2.21. The molecule has 2 N–H and O–H groups in total. The number of nitrogens with two attached hydrogens (primary N) is 1. The molecule has 0 saturated heterocycles. The molecular weight excluding hydrogens is 200 g/mol. The predicted molar refractivity (Wildman–Crippen MR) is 68.6 cm³/mol. The van der Waals surface area contributed by atoms with E-state index in [0.717, 1.165) is 16.8 Å². The van der Waals surface area contributed by atoms with Gasteiger partial charge in [-0.1, -0.05) is 13.8 Å². The molecule has 1 aromatic rings. The maximum Gasteiger partial charge on any atom is 0.229 e. The third-order valence-corrected chi connectivity index (χ3v) is 2.83.